The van der Waals surface area contributed by atoms with Crippen LogP contribution in [-0.4, -0.2) is 51.3 Å². The van der Waals surface area contributed by atoms with Crippen LogP contribution in [0.5, 0.6) is 0 Å². The van der Waals surface area contributed by atoms with E-state index >= 15 is 0 Å². The molecule has 1 heterocycles. The normalized spacial score (nSPS) is 21.8. The molecule has 0 spiro atoms. The van der Waals surface area contributed by atoms with E-state index < -0.39 is 0 Å². The molecule has 96 valence electrons. The van der Waals surface area contributed by atoms with Crippen LogP contribution in [0.25, 0.3) is 0 Å². The van der Waals surface area contributed by atoms with Crippen LogP contribution >= 0.6 is 0 Å². The van der Waals surface area contributed by atoms with Crippen molar-refractivity contribution < 1.29 is 4.74 Å². The summed E-state index contributed by atoms with van der Waals surface area (Å²) < 4.78 is 5.68. The maximum atomic E-state index is 5.68. The first kappa shape index (κ1) is 13.9. The first-order valence-corrected chi connectivity index (χ1v) is 6.77. The third kappa shape index (κ3) is 5.83. The molecule has 0 bridgehead atoms. The van der Waals surface area contributed by atoms with E-state index in [1.807, 2.05) is 7.05 Å². The van der Waals surface area contributed by atoms with E-state index in [0.29, 0.717) is 0 Å². The lowest BCUT2D eigenvalue weighted by Gasteiger charge is -2.18. The minimum absolute atomic E-state index is 0.782. The average molecular weight is 228 g/mol. The third-order valence-electron chi connectivity index (χ3n) is 3.48. The summed E-state index contributed by atoms with van der Waals surface area (Å²) in [7, 11) is 4.24. The van der Waals surface area contributed by atoms with Gasteiger partial charge >= 0.3 is 0 Å². The molecule has 0 radical (unpaired) electrons. The van der Waals surface area contributed by atoms with Crippen LogP contribution in [0.15, 0.2) is 0 Å². The number of rotatable bonds is 9. The Hall–Kier alpha value is -0.120. The van der Waals surface area contributed by atoms with Gasteiger partial charge in [0.25, 0.3) is 0 Å². The number of nitrogens with one attached hydrogen (secondary N) is 1. The van der Waals surface area contributed by atoms with Crippen LogP contribution < -0.4 is 5.32 Å². The molecule has 0 aromatic carbocycles. The average Bonchev–Trinajstić information content (AvgIpc) is 2.68. The number of likely N-dealkylation sites (tertiary alicyclic amines) is 1. The standard InChI is InChI=1S/C13H28N2O/c1-14-9-4-3-5-11-16-12-8-13-7-6-10-15(13)2/h13-14H,3-12H2,1-2H3. The summed E-state index contributed by atoms with van der Waals surface area (Å²) in [6, 6.07) is 0.782. The maximum absolute atomic E-state index is 5.68. The molecule has 1 saturated heterocycles. The van der Waals surface area contributed by atoms with E-state index in [1.54, 1.807) is 0 Å². The third-order valence-corrected chi connectivity index (χ3v) is 3.48. The van der Waals surface area contributed by atoms with Crippen molar-refractivity contribution in [3.8, 4) is 0 Å². The summed E-state index contributed by atoms with van der Waals surface area (Å²) in [5, 5.41) is 3.17. The Morgan fingerprint density at radius 1 is 1.25 bits per heavy atom. The van der Waals surface area contributed by atoms with E-state index in [2.05, 4.69) is 17.3 Å². The molecule has 1 fully saturated rings. The molecule has 1 rings (SSSR count). The molecule has 0 aromatic rings. The quantitative estimate of drug-likeness (QED) is 0.610. The molecular formula is C13H28N2O. The van der Waals surface area contributed by atoms with Crippen LogP contribution in [0.1, 0.15) is 38.5 Å². The largest absolute Gasteiger partial charge is 0.381 e. The zero-order valence-corrected chi connectivity index (χ0v) is 11.0. The molecule has 1 aliphatic rings. The summed E-state index contributed by atoms with van der Waals surface area (Å²) in [6.07, 6.45) is 7.71. The van der Waals surface area contributed by atoms with Crippen molar-refractivity contribution in [3.05, 3.63) is 0 Å². The van der Waals surface area contributed by atoms with Gasteiger partial charge in [-0.2, -0.15) is 0 Å². The number of hydrogen-bond donors (Lipinski definition) is 1. The van der Waals surface area contributed by atoms with Crippen LogP contribution in [0.2, 0.25) is 0 Å². The summed E-state index contributed by atoms with van der Waals surface area (Å²) in [4.78, 5) is 2.47. The lowest BCUT2D eigenvalue weighted by molar-refractivity contribution is 0.110. The van der Waals surface area contributed by atoms with Gasteiger partial charge in [-0.3, -0.25) is 0 Å². The van der Waals surface area contributed by atoms with E-state index in [4.69, 9.17) is 4.74 Å². The molecule has 1 N–H and O–H groups in total. The second-order valence-electron chi connectivity index (χ2n) is 4.84. The molecule has 0 aliphatic carbocycles. The zero-order valence-electron chi connectivity index (χ0n) is 11.0. The summed E-state index contributed by atoms with van der Waals surface area (Å²) in [5.74, 6) is 0. The molecule has 0 aromatic heterocycles. The van der Waals surface area contributed by atoms with E-state index in [0.717, 1.165) is 25.8 Å². The molecule has 1 atom stereocenters. The highest BCUT2D eigenvalue weighted by Gasteiger charge is 2.19. The topological polar surface area (TPSA) is 24.5 Å². The van der Waals surface area contributed by atoms with Gasteiger partial charge in [0.15, 0.2) is 0 Å². The Labute approximate surface area is 101 Å². The summed E-state index contributed by atoms with van der Waals surface area (Å²) >= 11 is 0. The number of ether oxygens (including phenoxy) is 1. The molecule has 0 saturated carbocycles. The minimum atomic E-state index is 0.782. The highest BCUT2D eigenvalue weighted by Crippen LogP contribution is 2.17. The van der Waals surface area contributed by atoms with Crippen LogP contribution in [-0.2, 0) is 4.74 Å². The second-order valence-corrected chi connectivity index (χ2v) is 4.84. The van der Waals surface area contributed by atoms with Gasteiger partial charge in [0.2, 0.25) is 0 Å². The van der Waals surface area contributed by atoms with E-state index in [1.165, 1.54) is 45.1 Å². The first-order valence-electron chi connectivity index (χ1n) is 6.77. The van der Waals surface area contributed by atoms with Gasteiger partial charge in [0, 0.05) is 19.3 Å². The Kier molecular flexibility index (Phi) is 7.81. The van der Waals surface area contributed by atoms with Crippen molar-refractivity contribution in [3.63, 3.8) is 0 Å². The van der Waals surface area contributed by atoms with Gasteiger partial charge in [0.1, 0.15) is 0 Å². The molecule has 16 heavy (non-hydrogen) atoms. The molecule has 1 unspecified atom stereocenters. The van der Waals surface area contributed by atoms with Gasteiger partial charge in [-0.05, 0) is 65.7 Å². The molecule has 0 amide bonds. The number of hydrogen-bond acceptors (Lipinski definition) is 3. The smallest absolute Gasteiger partial charge is 0.0480 e. The van der Waals surface area contributed by atoms with Gasteiger partial charge < -0.3 is 15.0 Å². The van der Waals surface area contributed by atoms with Crippen LogP contribution in [0.4, 0.5) is 0 Å². The SMILES string of the molecule is CNCCCCCOCCC1CCCN1C. The van der Waals surface area contributed by atoms with Crippen molar-refractivity contribution in [2.75, 3.05) is 40.4 Å². The fraction of sp³-hybridized carbons (Fsp3) is 1.00. The van der Waals surface area contributed by atoms with Gasteiger partial charge in [-0.15, -0.1) is 0 Å². The van der Waals surface area contributed by atoms with E-state index in [-0.39, 0.29) is 0 Å². The fourth-order valence-electron chi connectivity index (χ4n) is 2.35. The number of unbranched alkanes of at least 4 members (excludes halogenated alkanes) is 2. The molecule has 1 aliphatic heterocycles. The van der Waals surface area contributed by atoms with Crippen molar-refractivity contribution in [2.24, 2.45) is 0 Å². The van der Waals surface area contributed by atoms with Crippen molar-refractivity contribution in [1.29, 1.82) is 0 Å². The number of nitrogens with zero attached hydrogens (tertiary/aromatic N) is 1. The fourth-order valence-corrected chi connectivity index (χ4v) is 2.35. The van der Waals surface area contributed by atoms with Crippen molar-refractivity contribution in [1.82, 2.24) is 10.2 Å². The highest BCUT2D eigenvalue weighted by atomic mass is 16.5. The van der Waals surface area contributed by atoms with Crippen molar-refractivity contribution in [2.45, 2.75) is 44.6 Å². The van der Waals surface area contributed by atoms with Gasteiger partial charge in [0.05, 0.1) is 0 Å². The summed E-state index contributed by atoms with van der Waals surface area (Å²) in [6.45, 7) is 4.29. The first-order chi connectivity index (χ1) is 7.84. The maximum Gasteiger partial charge on any atom is 0.0480 e. The highest BCUT2D eigenvalue weighted by molar-refractivity contribution is 4.75. The Morgan fingerprint density at radius 2 is 2.12 bits per heavy atom. The summed E-state index contributed by atoms with van der Waals surface area (Å²) in [5.41, 5.74) is 0. The molecule has 3 heteroatoms. The van der Waals surface area contributed by atoms with Crippen molar-refractivity contribution >= 4 is 0 Å². The predicted octanol–water partition coefficient (Wildman–Crippen LogP) is 1.88. The lowest BCUT2D eigenvalue weighted by Crippen LogP contribution is -2.26. The van der Waals surface area contributed by atoms with Gasteiger partial charge in [-0.25, -0.2) is 0 Å². The zero-order chi connectivity index (χ0) is 11.6. The van der Waals surface area contributed by atoms with Crippen LogP contribution in [0.3, 0.4) is 0 Å². The van der Waals surface area contributed by atoms with Crippen LogP contribution in [0, 0.1) is 0 Å². The van der Waals surface area contributed by atoms with Gasteiger partial charge in [-0.1, -0.05) is 0 Å². The predicted molar refractivity (Wildman–Crippen MR) is 68.9 cm³/mol. The molecule has 3 nitrogen and oxygen atoms in total. The lowest BCUT2D eigenvalue weighted by atomic mass is 10.1. The Balaban J connectivity index is 1.81. The Bertz CT molecular complexity index is 164. The van der Waals surface area contributed by atoms with E-state index in [9.17, 15) is 0 Å². The minimum Gasteiger partial charge on any atom is -0.381 e. The molecular weight excluding hydrogens is 200 g/mol. The second kappa shape index (κ2) is 8.97. The Morgan fingerprint density at radius 3 is 2.81 bits per heavy atom. The monoisotopic (exact) mass is 228 g/mol.